The molecule has 1 atom stereocenters. The summed E-state index contributed by atoms with van der Waals surface area (Å²) in [6.45, 7) is 7.26. The number of pyridine rings is 1. The Morgan fingerprint density at radius 2 is 1.83 bits per heavy atom. The molecule has 0 saturated carbocycles. The van der Waals surface area contributed by atoms with E-state index in [2.05, 4.69) is 23.7 Å². The highest BCUT2D eigenvalue weighted by atomic mass is 35.5. The molecule has 0 aliphatic carbocycles. The smallest absolute Gasteiger partial charge is 0.295 e. The van der Waals surface area contributed by atoms with E-state index in [-0.39, 0.29) is 11.3 Å². The number of hydrogen-bond acceptors (Lipinski definition) is 5. The number of carbonyl (C=O) groups is 2. The molecular formula is C23H26ClN3O3. The van der Waals surface area contributed by atoms with Gasteiger partial charge in [-0.3, -0.25) is 14.6 Å². The van der Waals surface area contributed by atoms with E-state index in [0.29, 0.717) is 22.8 Å². The van der Waals surface area contributed by atoms with E-state index in [9.17, 15) is 14.7 Å². The lowest BCUT2D eigenvalue weighted by atomic mass is 9.98. The van der Waals surface area contributed by atoms with Crippen molar-refractivity contribution in [2.24, 2.45) is 0 Å². The topological polar surface area (TPSA) is 73.7 Å². The first-order chi connectivity index (χ1) is 14.5. The number of aliphatic hydroxyl groups excluding tert-OH is 1. The van der Waals surface area contributed by atoms with Crippen LogP contribution in [-0.2, 0) is 9.59 Å². The van der Waals surface area contributed by atoms with Crippen molar-refractivity contribution in [3.8, 4) is 0 Å². The number of Topliss-reactive ketones (excluding diaryl/α,β-unsaturated/α-hetero) is 1. The summed E-state index contributed by atoms with van der Waals surface area (Å²) in [5.74, 6) is -1.52. The predicted molar refractivity (Wildman–Crippen MR) is 117 cm³/mol. The summed E-state index contributed by atoms with van der Waals surface area (Å²) in [5.41, 5.74) is 1.04. The van der Waals surface area contributed by atoms with E-state index in [4.69, 9.17) is 11.6 Å². The van der Waals surface area contributed by atoms with E-state index in [1.165, 1.54) is 4.90 Å². The molecule has 0 radical (unpaired) electrons. The number of rotatable bonds is 8. The second kappa shape index (κ2) is 9.87. The van der Waals surface area contributed by atoms with Gasteiger partial charge in [0.2, 0.25) is 0 Å². The molecule has 2 aromatic rings. The van der Waals surface area contributed by atoms with Crippen LogP contribution < -0.4 is 0 Å². The van der Waals surface area contributed by atoms with Crippen molar-refractivity contribution in [1.29, 1.82) is 0 Å². The van der Waals surface area contributed by atoms with Crippen LogP contribution in [0, 0.1) is 0 Å². The number of nitrogens with zero attached hydrogens (tertiary/aromatic N) is 3. The second-order valence-electron chi connectivity index (χ2n) is 7.13. The van der Waals surface area contributed by atoms with Crippen LogP contribution in [0.25, 0.3) is 5.76 Å². The molecule has 1 amide bonds. The van der Waals surface area contributed by atoms with Crippen molar-refractivity contribution >= 4 is 29.1 Å². The summed E-state index contributed by atoms with van der Waals surface area (Å²) >= 11 is 5.94. The van der Waals surface area contributed by atoms with Crippen LogP contribution in [0.15, 0.2) is 54.2 Å². The van der Waals surface area contributed by atoms with Gasteiger partial charge in [-0.1, -0.05) is 31.5 Å². The fraction of sp³-hybridized carbons (Fsp3) is 0.348. The number of ketones is 1. The number of aromatic nitrogens is 1. The van der Waals surface area contributed by atoms with Gasteiger partial charge >= 0.3 is 0 Å². The first kappa shape index (κ1) is 22.0. The first-order valence-electron chi connectivity index (χ1n) is 10.2. The van der Waals surface area contributed by atoms with E-state index in [1.54, 1.807) is 48.7 Å². The summed E-state index contributed by atoms with van der Waals surface area (Å²) in [7, 11) is 0. The highest BCUT2D eigenvalue weighted by Gasteiger charge is 2.46. The Morgan fingerprint density at radius 3 is 2.43 bits per heavy atom. The Morgan fingerprint density at radius 1 is 1.13 bits per heavy atom. The van der Waals surface area contributed by atoms with Gasteiger partial charge < -0.3 is 14.9 Å². The Balaban J connectivity index is 1.99. The standard InChI is InChI=1S/C23H26ClN3O3/c1-3-26(4-2)14-7-15-27-20(18-8-5-6-13-25-18)19(22(29)23(27)30)21(28)16-9-11-17(24)12-10-16/h5-6,8-13,20,28H,3-4,7,14-15H2,1-2H3/t20-/m0/s1. The van der Waals surface area contributed by atoms with E-state index >= 15 is 0 Å². The maximum Gasteiger partial charge on any atom is 0.295 e. The molecule has 1 N–H and O–H groups in total. The number of halogens is 1. The van der Waals surface area contributed by atoms with Gasteiger partial charge in [0.1, 0.15) is 11.8 Å². The molecule has 3 rings (SSSR count). The second-order valence-corrected chi connectivity index (χ2v) is 7.57. The molecule has 7 heteroatoms. The van der Waals surface area contributed by atoms with E-state index in [0.717, 1.165) is 26.1 Å². The fourth-order valence-electron chi connectivity index (χ4n) is 3.72. The Hall–Kier alpha value is -2.70. The molecule has 0 spiro atoms. The third kappa shape index (κ3) is 4.55. The monoisotopic (exact) mass is 427 g/mol. The maximum atomic E-state index is 12.9. The van der Waals surface area contributed by atoms with Crippen molar-refractivity contribution in [2.75, 3.05) is 26.2 Å². The summed E-state index contributed by atoms with van der Waals surface area (Å²) in [5, 5.41) is 11.5. The minimum Gasteiger partial charge on any atom is -0.507 e. The van der Waals surface area contributed by atoms with Crippen LogP contribution in [0.4, 0.5) is 0 Å². The number of benzene rings is 1. The van der Waals surface area contributed by atoms with Gasteiger partial charge in [0.05, 0.1) is 11.3 Å². The van der Waals surface area contributed by atoms with Crippen molar-refractivity contribution in [3.63, 3.8) is 0 Å². The predicted octanol–water partition coefficient (Wildman–Crippen LogP) is 3.89. The number of likely N-dealkylation sites (tertiary alicyclic amines) is 1. The minimum atomic E-state index is -0.724. The number of carbonyl (C=O) groups excluding carboxylic acids is 2. The zero-order valence-corrected chi connectivity index (χ0v) is 18.0. The maximum absolute atomic E-state index is 12.9. The Kier molecular flexibility index (Phi) is 7.24. The Bertz CT molecular complexity index is 924. The van der Waals surface area contributed by atoms with E-state index < -0.39 is 17.7 Å². The largest absolute Gasteiger partial charge is 0.507 e. The van der Waals surface area contributed by atoms with Crippen LogP contribution in [-0.4, -0.2) is 57.8 Å². The van der Waals surface area contributed by atoms with Crippen LogP contribution >= 0.6 is 11.6 Å². The SMILES string of the molecule is CCN(CC)CCCN1C(=O)C(=O)C(=C(O)c2ccc(Cl)cc2)[C@@H]1c1ccccn1. The van der Waals surface area contributed by atoms with Crippen molar-refractivity contribution < 1.29 is 14.7 Å². The lowest BCUT2D eigenvalue weighted by Gasteiger charge is -2.26. The molecular weight excluding hydrogens is 402 g/mol. The van der Waals surface area contributed by atoms with E-state index in [1.807, 2.05) is 0 Å². The van der Waals surface area contributed by atoms with Gasteiger partial charge in [0, 0.05) is 23.3 Å². The van der Waals surface area contributed by atoms with Gasteiger partial charge in [-0.25, -0.2) is 0 Å². The number of amides is 1. The molecule has 0 bridgehead atoms. The summed E-state index contributed by atoms with van der Waals surface area (Å²) in [6, 6.07) is 11.1. The van der Waals surface area contributed by atoms with Crippen LogP contribution in [0.5, 0.6) is 0 Å². The van der Waals surface area contributed by atoms with Crippen molar-refractivity contribution in [1.82, 2.24) is 14.8 Å². The summed E-state index contributed by atoms with van der Waals surface area (Å²) < 4.78 is 0. The Labute approximate surface area is 181 Å². The zero-order valence-electron chi connectivity index (χ0n) is 17.2. The molecule has 1 aliphatic heterocycles. The molecule has 1 saturated heterocycles. The average Bonchev–Trinajstić information content (AvgIpc) is 3.02. The lowest BCUT2D eigenvalue weighted by Crippen LogP contribution is -2.33. The number of aliphatic hydroxyl groups is 1. The van der Waals surface area contributed by atoms with Gasteiger partial charge in [0.15, 0.2) is 0 Å². The van der Waals surface area contributed by atoms with Crippen LogP contribution in [0.2, 0.25) is 5.02 Å². The van der Waals surface area contributed by atoms with Gasteiger partial charge in [0.25, 0.3) is 11.7 Å². The first-order valence-corrected chi connectivity index (χ1v) is 10.5. The highest BCUT2D eigenvalue weighted by molar-refractivity contribution is 6.46. The molecule has 6 nitrogen and oxygen atoms in total. The third-order valence-corrected chi connectivity index (χ3v) is 5.65. The molecule has 1 aromatic heterocycles. The molecule has 2 heterocycles. The van der Waals surface area contributed by atoms with Gasteiger partial charge in [-0.2, -0.15) is 0 Å². The van der Waals surface area contributed by atoms with Crippen molar-refractivity contribution in [2.45, 2.75) is 26.3 Å². The fourth-order valence-corrected chi connectivity index (χ4v) is 3.85. The highest BCUT2D eigenvalue weighted by Crippen LogP contribution is 2.38. The number of hydrogen-bond donors (Lipinski definition) is 1. The zero-order chi connectivity index (χ0) is 21.7. The van der Waals surface area contributed by atoms with Crippen LogP contribution in [0.3, 0.4) is 0 Å². The van der Waals surface area contributed by atoms with Gasteiger partial charge in [-0.15, -0.1) is 0 Å². The van der Waals surface area contributed by atoms with Crippen molar-refractivity contribution in [3.05, 3.63) is 70.5 Å². The normalized spacial score (nSPS) is 18.4. The molecule has 30 heavy (non-hydrogen) atoms. The molecule has 1 aliphatic rings. The minimum absolute atomic E-state index is 0.0591. The summed E-state index contributed by atoms with van der Waals surface area (Å²) in [4.78, 5) is 34.0. The third-order valence-electron chi connectivity index (χ3n) is 5.39. The molecule has 1 fully saturated rings. The lowest BCUT2D eigenvalue weighted by molar-refractivity contribution is -0.140. The van der Waals surface area contributed by atoms with Gasteiger partial charge in [-0.05, 0) is 62.5 Å². The summed E-state index contributed by atoms with van der Waals surface area (Å²) in [6.07, 6.45) is 2.34. The quantitative estimate of drug-likeness (QED) is 0.393. The molecule has 158 valence electrons. The average molecular weight is 428 g/mol. The molecule has 1 aromatic carbocycles. The van der Waals surface area contributed by atoms with Crippen LogP contribution in [0.1, 0.15) is 37.6 Å². The molecule has 0 unspecified atom stereocenters.